The molecule has 0 bridgehead atoms. The van der Waals surface area contributed by atoms with E-state index in [1.165, 1.54) is 30.6 Å². The quantitative estimate of drug-likeness (QED) is 0.858. The van der Waals surface area contributed by atoms with E-state index >= 15 is 0 Å². The molecule has 0 unspecified atom stereocenters. The molecule has 92 valence electrons. The minimum absolute atomic E-state index is 0.0178. The Morgan fingerprint density at radius 2 is 2.11 bits per heavy atom. The summed E-state index contributed by atoms with van der Waals surface area (Å²) in [6, 6.07) is 5.49. The van der Waals surface area contributed by atoms with Gasteiger partial charge in [0.25, 0.3) is 5.91 Å². The number of halogens is 1. The van der Waals surface area contributed by atoms with Crippen molar-refractivity contribution in [3.8, 4) is 0 Å². The Bertz CT molecular complexity index is 575. The fourth-order valence-electron chi connectivity index (χ4n) is 1.43. The van der Waals surface area contributed by atoms with Crippen LogP contribution in [0.4, 0.5) is 10.1 Å². The number of nitrogens with zero attached hydrogens (tertiary/aromatic N) is 2. The van der Waals surface area contributed by atoms with Crippen LogP contribution in [0.3, 0.4) is 0 Å². The first-order chi connectivity index (χ1) is 8.70. The molecule has 0 fully saturated rings. The third-order valence-electron chi connectivity index (χ3n) is 2.22. The van der Waals surface area contributed by atoms with Gasteiger partial charge in [0.2, 0.25) is 0 Å². The fraction of sp³-hybridized carbons (Fsp3) is 0.0833. The Labute approximate surface area is 102 Å². The van der Waals surface area contributed by atoms with Gasteiger partial charge in [0.15, 0.2) is 5.69 Å². The van der Waals surface area contributed by atoms with E-state index in [-0.39, 0.29) is 18.0 Å². The summed E-state index contributed by atoms with van der Waals surface area (Å²) in [5.41, 5.74) is 0.505. The second kappa shape index (κ2) is 5.33. The summed E-state index contributed by atoms with van der Waals surface area (Å²) < 4.78 is 12.9. The zero-order valence-corrected chi connectivity index (χ0v) is 9.30. The third-order valence-corrected chi connectivity index (χ3v) is 2.22. The number of anilines is 1. The lowest BCUT2D eigenvalue weighted by Gasteiger charge is -2.06. The lowest BCUT2D eigenvalue weighted by atomic mass is 10.2. The monoisotopic (exact) mass is 247 g/mol. The number of hydrogen-bond donors (Lipinski definition) is 2. The number of amides is 1. The number of benzene rings is 1. The molecule has 1 aromatic carbocycles. The molecule has 0 radical (unpaired) electrons. The number of aromatic nitrogens is 2. The zero-order valence-electron chi connectivity index (χ0n) is 9.30. The first kappa shape index (κ1) is 12.1. The highest BCUT2D eigenvalue weighted by molar-refractivity contribution is 6.03. The molecule has 6 heteroatoms. The number of hydrogen-bond acceptors (Lipinski definition) is 4. The van der Waals surface area contributed by atoms with Crippen LogP contribution in [0.25, 0.3) is 0 Å². The molecule has 2 rings (SSSR count). The Balaban J connectivity index is 2.22. The molecule has 2 aromatic rings. The van der Waals surface area contributed by atoms with Gasteiger partial charge in [-0.05, 0) is 18.2 Å². The molecule has 0 aliphatic heterocycles. The number of nitrogens with one attached hydrogen (secondary N) is 1. The highest BCUT2D eigenvalue weighted by atomic mass is 19.1. The Kier molecular flexibility index (Phi) is 3.59. The molecule has 1 amide bonds. The Morgan fingerprint density at radius 1 is 1.33 bits per heavy atom. The predicted octanol–water partition coefficient (Wildman–Crippen LogP) is 1.36. The van der Waals surface area contributed by atoms with Gasteiger partial charge in [0.1, 0.15) is 5.82 Å². The molecule has 5 nitrogen and oxygen atoms in total. The maximum atomic E-state index is 12.9. The maximum absolute atomic E-state index is 12.9. The van der Waals surface area contributed by atoms with Gasteiger partial charge in [-0.1, -0.05) is 6.07 Å². The highest BCUT2D eigenvalue weighted by Gasteiger charge is 2.13. The molecule has 1 heterocycles. The summed E-state index contributed by atoms with van der Waals surface area (Å²) in [5.74, 6) is -0.993. The fourth-order valence-corrected chi connectivity index (χ4v) is 1.43. The van der Waals surface area contributed by atoms with Gasteiger partial charge in [0.05, 0.1) is 12.3 Å². The predicted molar refractivity (Wildman–Crippen MR) is 62.3 cm³/mol. The maximum Gasteiger partial charge on any atom is 0.276 e. The lowest BCUT2D eigenvalue weighted by molar-refractivity contribution is 0.101. The van der Waals surface area contributed by atoms with Crippen LogP contribution < -0.4 is 5.32 Å². The summed E-state index contributed by atoms with van der Waals surface area (Å²) in [6.07, 6.45) is 2.73. The normalized spacial score (nSPS) is 10.1. The van der Waals surface area contributed by atoms with Crippen LogP contribution in [0.1, 0.15) is 16.2 Å². The SMILES string of the molecule is O=C(Nc1cccc(F)c1)c1nccnc1CO. The van der Waals surface area contributed by atoms with E-state index in [1.807, 2.05) is 0 Å². The van der Waals surface area contributed by atoms with Crippen molar-refractivity contribution in [2.45, 2.75) is 6.61 Å². The topological polar surface area (TPSA) is 75.1 Å². The molecule has 0 spiro atoms. The van der Waals surface area contributed by atoms with E-state index < -0.39 is 11.7 Å². The van der Waals surface area contributed by atoms with Crippen molar-refractivity contribution in [3.05, 3.63) is 53.9 Å². The molecule has 0 saturated carbocycles. The number of aliphatic hydroxyl groups excluding tert-OH is 1. The first-order valence-electron chi connectivity index (χ1n) is 5.18. The molecule has 1 aromatic heterocycles. The van der Waals surface area contributed by atoms with E-state index in [0.29, 0.717) is 5.69 Å². The van der Waals surface area contributed by atoms with E-state index in [0.717, 1.165) is 0 Å². The molecule has 0 aliphatic carbocycles. The second-order valence-corrected chi connectivity index (χ2v) is 3.47. The summed E-state index contributed by atoms with van der Waals surface area (Å²) in [4.78, 5) is 19.5. The van der Waals surface area contributed by atoms with Crippen LogP contribution in [0.2, 0.25) is 0 Å². The molecule has 0 aliphatic rings. The summed E-state index contributed by atoms with van der Waals surface area (Å²) in [5, 5.41) is 11.5. The first-order valence-corrected chi connectivity index (χ1v) is 5.18. The average molecular weight is 247 g/mol. The van der Waals surface area contributed by atoms with Crippen LogP contribution in [0, 0.1) is 5.82 Å². The third kappa shape index (κ3) is 2.67. The van der Waals surface area contributed by atoms with Gasteiger partial charge in [-0.25, -0.2) is 9.37 Å². The summed E-state index contributed by atoms with van der Waals surface area (Å²) in [6.45, 7) is -0.389. The van der Waals surface area contributed by atoms with Crippen molar-refractivity contribution in [1.29, 1.82) is 0 Å². The van der Waals surface area contributed by atoms with Crippen LogP contribution in [-0.4, -0.2) is 21.0 Å². The second-order valence-electron chi connectivity index (χ2n) is 3.47. The molecule has 0 saturated heterocycles. The Hall–Kier alpha value is -2.34. The van der Waals surface area contributed by atoms with Crippen LogP contribution in [0.15, 0.2) is 36.7 Å². The standard InChI is InChI=1S/C12H10FN3O2/c13-8-2-1-3-9(6-8)16-12(18)11-10(7-17)14-4-5-15-11/h1-6,17H,7H2,(H,16,18). The van der Waals surface area contributed by atoms with Crippen LogP contribution >= 0.6 is 0 Å². The Morgan fingerprint density at radius 3 is 2.83 bits per heavy atom. The van der Waals surface area contributed by atoms with E-state index in [1.54, 1.807) is 6.07 Å². The van der Waals surface area contributed by atoms with Crippen molar-refractivity contribution < 1.29 is 14.3 Å². The molecule has 0 atom stereocenters. The van der Waals surface area contributed by atoms with Crippen LogP contribution in [0.5, 0.6) is 0 Å². The minimum Gasteiger partial charge on any atom is -0.390 e. The zero-order chi connectivity index (χ0) is 13.0. The van der Waals surface area contributed by atoms with Gasteiger partial charge in [-0.15, -0.1) is 0 Å². The van der Waals surface area contributed by atoms with Crippen molar-refractivity contribution in [1.82, 2.24) is 9.97 Å². The minimum atomic E-state index is -0.544. The number of aliphatic hydroxyl groups is 1. The van der Waals surface area contributed by atoms with Crippen molar-refractivity contribution in [3.63, 3.8) is 0 Å². The van der Waals surface area contributed by atoms with E-state index in [2.05, 4.69) is 15.3 Å². The van der Waals surface area contributed by atoms with Gasteiger partial charge in [0, 0.05) is 18.1 Å². The van der Waals surface area contributed by atoms with Gasteiger partial charge >= 0.3 is 0 Å². The number of rotatable bonds is 3. The summed E-state index contributed by atoms with van der Waals surface area (Å²) in [7, 11) is 0. The number of carbonyl (C=O) groups excluding carboxylic acids is 1. The summed E-state index contributed by atoms with van der Waals surface area (Å²) >= 11 is 0. The van der Waals surface area contributed by atoms with E-state index in [4.69, 9.17) is 5.11 Å². The van der Waals surface area contributed by atoms with Gasteiger partial charge < -0.3 is 10.4 Å². The van der Waals surface area contributed by atoms with Crippen LogP contribution in [-0.2, 0) is 6.61 Å². The highest BCUT2D eigenvalue weighted by Crippen LogP contribution is 2.11. The van der Waals surface area contributed by atoms with E-state index in [9.17, 15) is 9.18 Å². The molecule has 18 heavy (non-hydrogen) atoms. The molecular formula is C12H10FN3O2. The van der Waals surface area contributed by atoms with Crippen molar-refractivity contribution >= 4 is 11.6 Å². The van der Waals surface area contributed by atoms with Gasteiger partial charge in [-0.2, -0.15) is 0 Å². The smallest absolute Gasteiger partial charge is 0.276 e. The van der Waals surface area contributed by atoms with Crippen molar-refractivity contribution in [2.24, 2.45) is 0 Å². The number of carbonyl (C=O) groups is 1. The molecule has 2 N–H and O–H groups in total. The molecular weight excluding hydrogens is 237 g/mol. The average Bonchev–Trinajstić information content (AvgIpc) is 2.38. The lowest BCUT2D eigenvalue weighted by Crippen LogP contribution is -2.17. The largest absolute Gasteiger partial charge is 0.390 e. The van der Waals surface area contributed by atoms with Gasteiger partial charge in [-0.3, -0.25) is 9.78 Å². The van der Waals surface area contributed by atoms with Crippen molar-refractivity contribution in [2.75, 3.05) is 5.32 Å².